The molecule has 3 aromatic rings. The standard InChI is InChI=1S/C24H25N5O2.4C2HF3O2/c30-23-24(31-12-11-29(23)16-19-5-9-25-10-6-19)18-28(15-20-3-1-7-26-13-20)17-22(24)21-4-2-8-27-14-21;4*3-2(4,5)1(6)7/h1-10,13-14,22H,11-12,15-18H2;4*(H,6,7). The Labute approximate surface area is 322 Å². The molecule has 5 rings (SSSR count). The van der Waals surface area contributed by atoms with Crippen LogP contribution < -0.4 is 0 Å². The molecule has 59 heavy (non-hydrogen) atoms. The Balaban J connectivity index is 0.000000505. The zero-order chi connectivity index (χ0) is 45.4. The van der Waals surface area contributed by atoms with Crippen molar-refractivity contribution in [3.8, 4) is 0 Å². The molecule has 4 N–H and O–H groups in total. The third kappa shape index (κ3) is 17.5. The van der Waals surface area contributed by atoms with Crippen LogP contribution in [0.3, 0.4) is 0 Å². The van der Waals surface area contributed by atoms with Gasteiger partial charge in [0.25, 0.3) is 5.91 Å². The SMILES string of the molecule is O=C(O)C(F)(F)F.O=C(O)C(F)(F)F.O=C(O)C(F)(F)F.O=C(O)C(F)(F)F.O=C1N(Cc2ccncc2)CCOC12CN(Cc1cccnc1)CC2c1cccnc1. The largest absolute Gasteiger partial charge is 0.490 e. The minimum atomic E-state index is -5.08. The number of nitrogens with zero attached hydrogens (tertiary/aromatic N) is 5. The van der Waals surface area contributed by atoms with Gasteiger partial charge in [-0.25, -0.2) is 19.2 Å². The summed E-state index contributed by atoms with van der Waals surface area (Å²) in [7, 11) is 0. The molecule has 15 nitrogen and oxygen atoms in total. The predicted octanol–water partition coefficient (Wildman–Crippen LogP) is 4.80. The zero-order valence-corrected chi connectivity index (χ0v) is 29.3. The molecule has 326 valence electrons. The van der Waals surface area contributed by atoms with E-state index < -0.39 is 54.2 Å². The van der Waals surface area contributed by atoms with Gasteiger partial charge in [-0.05, 0) is 41.0 Å². The molecule has 5 heterocycles. The summed E-state index contributed by atoms with van der Waals surface area (Å²) >= 11 is 0. The molecular weight excluding hydrogens is 842 g/mol. The van der Waals surface area contributed by atoms with Crippen LogP contribution in [0.2, 0.25) is 0 Å². The van der Waals surface area contributed by atoms with Gasteiger partial charge in [-0.1, -0.05) is 12.1 Å². The lowest BCUT2D eigenvalue weighted by Gasteiger charge is -2.42. The third-order valence-electron chi connectivity index (χ3n) is 7.14. The highest BCUT2D eigenvalue weighted by Crippen LogP contribution is 2.42. The van der Waals surface area contributed by atoms with Crippen LogP contribution in [0.15, 0.2) is 73.6 Å². The Morgan fingerprint density at radius 1 is 0.644 bits per heavy atom. The second kappa shape index (κ2) is 21.6. The molecule has 2 aliphatic heterocycles. The number of hydrogen-bond donors (Lipinski definition) is 4. The number of carboxylic acid groups (broad SMARTS) is 4. The smallest absolute Gasteiger partial charge is 0.475 e. The van der Waals surface area contributed by atoms with Gasteiger partial charge in [-0.15, -0.1) is 0 Å². The Kier molecular flexibility index (Phi) is 18.6. The van der Waals surface area contributed by atoms with E-state index in [4.69, 9.17) is 44.3 Å². The first-order chi connectivity index (χ1) is 27.0. The van der Waals surface area contributed by atoms with Crippen molar-refractivity contribution in [3.05, 3.63) is 90.3 Å². The lowest BCUT2D eigenvalue weighted by Crippen LogP contribution is -2.59. The van der Waals surface area contributed by atoms with Crippen molar-refractivity contribution in [2.75, 3.05) is 26.2 Å². The highest BCUT2D eigenvalue weighted by Gasteiger charge is 2.57. The van der Waals surface area contributed by atoms with Crippen LogP contribution in [0.5, 0.6) is 0 Å². The van der Waals surface area contributed by atoms with Crippen LogP contribution in [0.1, 0.15) is 22.6 Å². The fourth-order valence-corrected chi connectivity index (χ4v) is 4.73. The van der Waals surface area contributed by atoms with Gasteiger partial charge in [0.15, 0.2) is 5.60 Å². The maximum Gasteiger partial charge on any atom is 0.490 e. The fraction of sp³-hybridized carbons (Fsp3) is 0.375. The maximum absolute atomic E-state index is 13.9. The summed E-state index contributed by atoms with van der Waals surface area (Å²) in [5.41, 5.74) is 2.33. The number of carboxylic acids is 4. The van der Waals surface area contributed by atoms with Crippen molar-refractivity contribution in [1.29, 1.82) is 0 Å². The first kappa shape index (κ1) is 50.9. The highest BCUT2D eigenvalue weighted by atomic mass is 19.4. The fourth-order valence-electron chi connectivity index (χ4n) is 4.73. The van der Waals surface area contributed by atoms with Gasteiger partial charge in [0.1, 0.15) is 0 Å². The second-order valence-corrected chi connectivity index (χ2v) is 11.4. The normalized spacial score (nSPS) is 18.0. The monoisotopic (exact) mass is 871 g/mol. The summed E-state index contributed by atoms with van der Waals surface area (Å²) in [6, 6.07) is 11.9. The van der Waals surface area contributed by atoms with Gasteiger partial charge in [0.05, 0.1) is 6.61 Å². The van der Waals surface area contributed by atoms with Crippen molar-refractivity contribution >= 4 is 29.8 Å². The third-order valence-corrected chi connectivity index (χ3v) is 7.14. The number of rotatable bonds is 5. The minimum Gasteiger partial charge on any atom is -0.475 e. The Morgan fingerprint density at radius 2 is 1.08 bits per heavy atom. The van der Waals surface area contributed by atoms with Gasteiger partial charge >= 0.3 is 48.6 Å². The summed E-state index contributed by atoms with van der Waals surface area (Å²) < 4.78 is 133. The van der Waals surface area contributed by atoms with E-state index in [0.717, 1.165) is 29.8 Å². The summed E-state index contributed by atoms with van der Waals surface area (Å²) in [5, 5.41) is 28.5. The average Bonchev–Trinajstić information content (AvgIpc) is 3.49. The number of aliphatic carboxylic acids is 4. The number of morpholine rings is 1. The van der Waals surface area contributed by atoms with E-state index in [1.54, 1.807) is 24.8 Å². The molecule has 0 saturated carbocycles. The number of likely N-dealkylation sites (tertiary alicyclic amines) is 1. The number of halogens is 12. The van der Waals surface area contributed by atoms with Crippen molar-refractivity contribution in [2.45, 2.75) is 49.3 Å². The van der Waals surface area contributed by atoms with Crippen LogP contribution in [-0.2, 0) is 41.8 Å². The molecule has 2 unspecified atom stereocenters. The molecule has 0 bridgehead atoms. The van der Waals surface area contributed by atoms with Gasteiger partial charge in [-0.3, -0.25) is 24.6 Å². The molecule has 27 heteroatoms. The molecule has 0 aromatic carbocycles. The number of hydrogen-bond acceptors (Lipinski definition) is 10. The Morgan fingerprint density at radius 3 is 1.47 bits per heavy atom. The molecule has 2 saturated heterocycles. The first-order valence-electron chi connectivity index (χ1n) is 15.6. The van der Waals surface area contributed by atoms with Gasteiger partial charge in [-0.2, -0.15) is 52.7 Å². The van der Waals surface area contributed by atoms with Crippen LogP contribution in [0.25, 0.3) is 0 Å². The number of carbonyl (C=O) groups is 5. The molecular formula is C32H29F12N5O10. The van der Waals surface area contributed by atoms with Crippen molar-refractivity contribution in [1.82, 2.24) is 24.8 Å². The molecule has 2 atom stereocenters. The van der Waals surface area contributed by atoms with Gasteiger partial charge in [0, 0.05) is 75.8 Å². The van der Waals surface area contributed by atoms with Crippen LogP contribution >= 0.6 is 0 Å². The van der Waals surface area contributed by atoms with E-state index in [9.17, 15) is 57.5 Å². The van der Waals surface area contributed by atoms with E-state index in [2.05, 4.69) is 25.9 Å². The van der Waals surface area contributed by atoms with E-state index in [-0.39, 0.29) is 11.8 Å². The lowest BCUT2D eigenvalue weighted by molar-refractivity contribution is -0.193. The number of ether oxygens (including phenoxy) is 1. The maximum atomic E-state index is 13.9. The molecule has 2 fully saturated rings. The van der Waals surface area contributed by atoms with E-state index in [1.807, 2.05) is 47.6 Å². The zero-order valence-electron chi connectivity index (χ0n) is 29.3. The number of aromatic nitrogens is 3. The van der Waals surface area contributed by atoms with Crippen LogP contribution in [0.4, 0.5) is 52.7 Å². The molecule has 3 aromatic heterocycles. The molecule has 1 spiro atoms. The number of carbonyl (C=O) groups excluding carboxylic acids is 1. The summed E-state index contributed by atoms with van der Waals surface area (Å²) in [6.45, 7) is 3.68. The molecule has 1 amide bonds. The topological polar surface area (TPSA) is 221 Å². The Bertz CT molecular complexity index is 1720. The quantitative estimate of drug-likeness (QED) is 0.253. The minimum absolute atomic E-state index is 0.0538. The number of pyridine rings is 3. The molecule has 0 radical (unpaired) electrons. The molecule has 2 aliphatic rings. The summed E-state index contributed by atoms with van der Waals surface area (Å²) in [4.78, 5) is 66.3. The second-order valence-electron chi connectivity index (χ2n) is 11.4. The van der Waals surface area contributed by atoms with Gasteiger partial charge < -0.3 is 30.1 Å². The van der Waals surface area contributed by atoms with Crippen molar-refractivity contribution < 1.29 is 102 Å². The summed E-state index contributed by atoms with van der Waals surface area (Å²) in [5.74, 6) is -11.1. The summed E-state index contributed by atoms with van der Waals surface area (Å²) in [6.07, 6.45) is -9.53. The number of amides is 1. The van der Waals surface area contributed by atoms with Crippen molar-refractivity contribution in [2.24, 2.45) is 0 Å². The molecule has 0 aliphatic carbocycles. The Hall–Kier alpha value is -6.12. The van der Waals surface area contributed by atoms with Gasteiger partial charge in [0.2, 0.25) is 0 Å². The van der Waals surface area contributed by atoms with E-state index in [1.165, 1.54) is 0 Å². The van der Waals surface area contributed by atoms with Crippen LogP contribution in [0, 0.1) is 0 Å². The number of alkyl halides is 12. The van der Waals surface area contributed by atoms with E-state index in [0.29, 0.717) is 26.2 Å². The average molecular weight is 872 g/mol. The van der Waals surface area contributed by atoms with E-state index >= 15 is 0 Å². The predicted molar refractivity (Wildman–Crippen MR) is 170 cm³/mol. The van der Waals surface area contributed by atoms with Crippen molar-refractivity contribution in [3.63, 3.8) is 0 Å². The first-order valence-corrected chi connectivity index (χ1v) is 15.6. The highest BCUT2D eigenvalue weighted by molar-refractivity contribution is 5.88. The van der Waals surface area contributed by atoms with Crippen LogP contribution in [-0.4, -0.2) is 132 Å². The lowest BCUT2D eigenvalue weighted by atomic mass is 9.83.